The molecule has 18 heavy (non-hydrogen) atoms. The second-order valence-corrected chi connectivity index (χ2v) is 4.02. The highest BCUT2D eigenvalue weighted by atomic mass is 19.1. The first-order valence-electron chi connectivity index (χ1n) is 5.89. The van der Waals surface area contributed by atoms with E-state index in [0.29, 0.717) is 18.1 Å². The molecule has 0 spiro atoms. The molecular weight excluding hydrogens is 229 g/mol. The lowest BCUT2D eigenvalue weighted by Gasteiger charge is -2.05. The van der Waals surface area contributed by atoms with Crippen molar-refractivity contribution in [2.75, 3.05) is 5.73 Å². The number of hydrogen-bond donors (Lipinski definition) is 1. The van der Waals surface area contributed by atoms with Gasteiger partial charge in [0, 0.05) is 18.5 Å². The Bertz CT molecular complexity index is 555. The first-order valence-corrected chi connectivity index (χ1v) is 5.89. The van der Waals surface area contributed by atoms with Crippen molar-refractivity contribution in [1.29, 1.82) is 0 Å². The zero-order valence-corrected chi connectivity index (χ0v) is 10.4. The maximum Gasteiger partial charge on any atom is 0.132 e. The Balaban J connectivity index is 2.51. The van der Waals surface area contributed by atoms with Crippen LogP contribution in [0.1, 0.15) is 12.7 Å². The third-order valence-corrected chi connectivity index (χ3v) is 2.83. The van der Waals surface area contributed by atoms with Gasteiger partial charge in [-0.15, -0.1) is 6.58 Å². The van der Waals surface area contributed by atoms with Gasteiger partial charge in [-0.2, -0.15) is 0 Å². The lowest BCUT2D eigenvalue weighted by Crippen LogP contribution is -2.05. The molecule has 0 saturated heterocycles. The second-order valence-electron chi connectivity index (χ2n) is 4.02. The minimum Gasteiger partial charge on any atom is -0.383 e. The number of aromatic nitrogens is 2. The van der Waals surface area contributed by atoms with Gasteiger partial charge in [-0.3, -0.25) is 0 Å². The van der Waals surface area contributed by atoms with Crippen molar-refractivity contribution in [3.05, 3.63) is 48.6 Å². The van der Waals surface area contributed by atoms with Crippen LogP contribution >= 0.6 is 0 Å². The number of rotatable bonds is 4. The van der Waals surface area contributed by atoms with Crippen LogP contribution in [0.15, 0.2) is 36.9 Å². The first-order chi connectivity index (χ1) is 8.67. The van der Waals surface area contributed by atoms with Crippen LogP contribution in [0.5, 0.6) is 0 Å². The Labute approximate surface area is 106 Å². The Kier molecular flexibility index (Phi) is 3.46. The van der Waals surface area contributed by atoms with Crippen LogP contribution < -0.4 is 5.73 Å². The molecule has 0 aliphatic heterocycles. The quantitative estimate of drug-likeness (QED) is 0.841. The zero-order chi connectivity index (χ0) is 13.1. The van der Waals surface area contributed by atoms with Crippen LogP contribution in [0.4, 0.5) is 10.2 Å². The van der Waals surface area contributed by atoms with Gasteiger partial charge in [-0.1, -0.05) is 13.0 Å². The number of nitrogens with zero attached hydrogens (tertiary/aromatic N) is 2. The molecule has 1 aromatic carbocycles. The van der Waals surface area contributed by atoms with E-state index in [0.717, 1.165) is 17.8 Å². The maximum atomic E-state index is 12.9. The highest BCUT2D eigenvalue weighted by molar-refractivity contribution is 5.71. The van der Waals surface area contributed by atoms with Gasteiger partial charge in [-0.25, -0.2) is 9.37 Å². The lowest BCUT2D eigenvalue weighted by atomic mass is 10.1. The fourth-order valence-corrected chi connectivity index (χ4v) is 1.94. The van der Waals surface area contributed by atoms with E-state index >= 15 is 0 Å². The molecule has 0 atom stereocenters. The summed E-state index contributed by atoms with van der Waals surface area (Å²) >= 11 is 0. The van der Waals surface area contributed by atoms with Crippen molar-refractivity contribution in [3.63, 3.8) is 0 Å². The van der Waals surface area contributed by atoms with Gasteiger partial charge >= 0.3 is 0 Å². The smallest absolute Gasteiger partial charge is 0.132 e. The van der Waals surface area contributed by atoms with Crippen LogP contribution in [0.3, 0.4) is 0 Å². The maximum absolute atomic E-state index is 12.9. The van der Waals surface area contributed by atoms with Gasteiger partial charge in [0.1, 0.15) is 23.2 Å². The second kappa shape index (κ2) is 5.04. The highest BCUT2D eigenvalue weighted by Crippen LogP contribution is 2.26. The Morgan fingerprint density at radius 2 is 2.06 bits per heavy atom. The lowest BCUT2D eigenvalue weighted by molar-refractivity contribution is 0.628. The van der Waals surface area contributed by atoms with Gasteiger partial charge < -0.3 is 10.3 Å². The van der Waals surface area contributed by atoms with Crippen molar-refractivity contribution in [3.8, 4) is 11.3 Å². The van der Waals surface area contributed by atoms with E-state index in [1.165, 1.54) is 12.1 Å². The van der Waals surface area contributed by atoms with E-state index < -0.39 is 0 Å². The normalized spacial score (nSPS) is 10.6. The molecular formula is C14H16FN3. The molecule has 0 amide bonds. The van der Waals surface area contributed by atoms with Crippen LogP contribution in [0.25, 0.3) is 11.3 Å². The number of allylic oxidation sites excluding steroid dienone is 1. The zero-order valence-electron chi connectivity index (χ0n) is 10.4. The number of nitrogens with two attached hydrogens (primary N) is 1. The summed E-state index contributed by atoms with van der Waals surface area (Å²) < 4.78 is 14.8. The SMILES string of the molecule is C=CCn1c(CC)nc(-c2ccc(F)cc2)c1N. The Hall–Kier alpha value is -2.10. The Morgan fingerprint density at radius 1 is 1.39 bits per heavy atom. The van der Waals surface area contributed by atoms with Crippen LogP contribution in [-0.2, 0) is 13.0 Å². The Morgan fingerprint density at radius 3 is 2.61 bits per heavy atom. The molecule has 4 heteroatoms. The number of imidazole rings is 1. The van der Waals surface area contributed by atoms with E-state index in [9.17, 15) is 4.39 Å². The summed E-state index contributed by atoms with van der Waals surface area (Å²) in [6.45, 7) is 6.36. The van der Waals surface area contributed by atoms with Crippen molar-refractivity contribution in [1.82, 2.24) is 9.55 Å². The average Bonchev–Trinajstić information content (AvgIpc) is 2.69. The molecule has 0 bridgehead atoms. The van der Waals surface area contributed by atoms with Crippen LogP contribution in [-0.4, -0.2) is 9.55 Å². The molecule has 0 fully saturated rings. The fourth-order valence-electron chi connectivity index (χ4n) is 1.94. The predicted molar refractivity (Wildman–Crippen MR) is 71.6 cm³/mol. The summed E-state index contributed by atoms with van der Waals surface area (Å²) in [6.07, 6.45) is 2.57. The minimum absolute atomic E-state index is 0.265. The van der Waals surface area contributed by atoms with E-state index in [2.05, 4.69) is 11.6 Å². The number of benzene rings is 1. The highest BCUT2D eigenvalue weighted by Gasteiger charge is 2.14. The molecule has 0 saturated carbocycles. The summed E-state index contributed by atoms with van der Waals surface area (Å²) in [7, 11) is 0. The average molecular weight is 245 g/mol. The third-order valence-electron chi connectivity index (χ3n) is 2.83. The van der Waals surface area contributed by atoms with Crippen LogP contribution in [0.2, 0.25) is 0 Å². The first kappa shape index (κ1) is 12.4. The molecule has 0 aliphatic rings. The number of nitrogen functional groups attached to an aromatic ring is 1. The third kappa shape index (κ3) is 2.14. The summed E-state index contributed by atoms with van der Waals surface area (Å²) in [5.74, 6) is 1.24. The number of hydrogen-bond acceptors (Lipinski definition) is 2. The predicted octanol–water partition coefficient (Wildman–Crippen LogP) is 3.02. The topological polar surface area (TPSA) is 43.8 Å². The fraction of sp³-hybridized carbons (Fsp3) is 0.214. The van der Waals surface area contributed by atoms with Crippen LogP contribution in [0, 0.1) is 5.82 Å². The molecule has 1 heterocycles. The van der Waals surface area contributed by atoms with Gasteiger partial charge in [0.2, 0.25) is 0 Å². The summed E-state index contributed by atoms with van der Waals surface area (Å²) in [6, 6.07) is 6.19. The molecule has 1 aromatic heterocycles. The van der Waals surface area contributed by atoms with Gasteiger partial charge in [0.05, 0.1) is 0 Å². The van der Waals surface area contributed by atoms with Gasteiger partial charge in [0.25, 0.3) is 0 Å². The number of anilines is 1. The standard InChI is InChI=1S/C14H16FN3/c1-3-9-18-12(4-2)17-13(14(18)16)10-5-7-11(15)8-6-10/h3,5-8H,1,4,9,16H2,2H3. The molecule has 0 radical (unpaired) electrons. The van der Waals surface area contributed by atoms with Crippen molar-refractivity contribution in [2.24, 2.45) is 0 Å². The summed E-state index contributed by atoms with van der Waals surface area (Å²) in [4.78, 5) is 4.51. The summed E-state index contributed by atoms with van der Waals surface area (Å²) in [5.41, 5.74) is 7.62. The van der Waals surface area contributed by atoms with E-state index in [-0.39, 0.29) is 5.82 Å². The van der Waals surface area contributed by atoms with E-state index in [1.807, 2.05) is 11.5 Å². The largest absolute Gasteiger partial charge is 0.383 e. The molecule has 0 aliphatic carbocycles. The molecule has 2 rings (SSSR count). The number of halogens is 1. The van der Waals surface area contributed by atoms with Gasteiger partial charge in [0.15, 0.2) is 0 Å². The molecule has 2 N–H and O–H groups in total. The monoisotopic (exact) mass is 245 g/mol. The van der Waals surface area contributed by atoms with Crippen molar-refractivity contribution in [2.45, 2.75) is 19.9 Å². The van der Waals surface area contributed by atoms with Crippen molar-refractivity contribution < 1.29 is 4.39 Å². The van der Waals surface area contributed by atoms with Gasteiger partial charge in [-0.05, 0) is 24.3 Å². The molecule has 2 aromatic rings. The van der Waals surface area contributed by atoms with E-state index in [1.54, 1.807) is 18.2 Å². The van der Waals surface area contributed by atoms with Crippen molar-refractivity contribution >= 4 is 5.82 Å². The molecule has 0 unspecified atom stereocenters. The molecule has 94 valence electrons. The summed E-state index contributed by atoms with van der Waals surface area (Å²) in [5, 5.41) is 0. The van der Waals surface area contributed by atoms with E-state index in [4.69, 9.17) is 5.73 Å². The molecule has 3 nitrogen and oxygen atoms in total. The minimum atomic E-state index is -0.265. The number of aryl methyl sites for hydroxylation is 1.